The van der Waals surface area contributed by atoms with E-state index in [1.165, 1.54) is 6.92 Å². The number of rotatable bonds is 0. The minimum Gasteiger partial charge on any atom is -0.361 e. The Balaban J connectivity index is 2.99. The van der Waals surface area contributed by atoms with Crippen LogP contribution < -0.4 is 5.73 Å². The molecule has 0 aliphatic carbocycles. The molecule has 0 aromatic heterocycles. The van der Waals surface area contributed by atoms with Crippen LogP contribution in [-0.4, -0.2) is 28.5 Å². The number of carbonyl (C=O) groups excluding carboxylic acids is 4. The lowest BCUT2D eigenvalue weighted by Crippen LogP contribution is -2.44. The average Bonchev–Trinajstić information content (AvgIpc) is 2.26. The fraction of sp³-hybridized carbons (Fsp3) is 0.143. The van der Waals surface area contributed by atoms with Gasteiger partial charge in [-0.15, -0.1) is 0 Å². The molecule has 2 N–H and O–H groups in total. The minimum atomic E-state index is -1.33. The van der Waals surface area contributed by atoms with Gasteiger partial charge in [0.25, 0.3) is 11.8 Å². The monoisotopic (exact) mass is 182 g/mol. The van der Waals surface area contributed by atoms with Gasteiger partial charge in [-0.1, -0.05) is 0 Å². The van der Waals surface area contributed by atoms with E-state index in [0.717, 1.165) is 6.08 Å². The molecule has 0 fully saturated rings. The summed E-state index contributed by atoms with van der Waals surface area (Å²) < 4.78 is 0. The van der Waals surface area contributed by atoms with E-state index >= 15 is 0 Å². The zero-order chi connectivity index (χ0) is 10.2. The Kier molecular flexibility index (Phi) is 1.97. The molecule has 1 heterocycles. The molecule has 0 atom stereocenters. The summed E-state index contributed by atoms with van der Waals surface area (Å²) in [5.41, 5.74) is 4.74. The molecule has 0 spiro atoms. The van der Waals surface area contributed by atoms with Gasteiger partial charge in [0.05, 0.1) is 0 Å². The first kappa shape index (κ1) is 9.11. The first-order valence-electron chi connectivity index (χ1n) is 3.35. The second-order valence-corrected chi connectivity index (χ2v) is 2.48. The van der Waals surface area contributed by atoms with Crippen molar-refractivity contribution in [3.63, 3.8) is 0 Å². The summed E-state index contributed by atoms with van der Waals surface area (Å²) >= 11 is 0. The van der Waals surface area contributed by atoms with Gasteiger partial charge in [-0.05, 0) is 6.92 Å². The van der Waals surface area contributed by atoms with Gasteiger partial charge in [0.1, 0.15) is 0 Å². The smallest absolute Gasteiger partial charge is 0.325 e. The third kappa shape index (κ3) is 1.33. The van der Waals surface area contributed by atoms with Crippen molar-refractivity contribution in [1.29, 1.82) is 0 Å². The van der Waals surface area contributed by atoms with Crippen molar-refractivity contribution in [3.05, 3.63) is 11.6 Å². The second-order valence-electron chi connectivity index (χ2n) is 2.48. The van der Waals surface area contributed by atoms with Crippen molar-refractivity contribution in [3.8, 4) is 0 Å². The number of nitrogens with two attached hydrogens (primary N) is 1. The summed E-state index contributed by atoms with van der Waals surface area (Å²) in [6.07, 6.45) is 0.975. The maximum absolute atomic E-state index is 11.1. The van der Waals surface area contributed by atoms with Crippen LogP contribution >= 0.6 is 0 Å². The van der Waals surface area contributed by atoms with Crippen LogP contribution in [0.1, 0.15) is 6.92 Å². The predicted molar refractivity (Wildman–Crippen MR) is 39.8 cm³/mol. The summed E-state index contributed by atoms with van der Waals surface area (Å²) in [4.78, 5) is 43.5. The largest absolute Gasteiger partial charge is 0.361 e. The molecule has 0 aromatic rings. The van der Waals surface area contributed by atoms with E-state index in [4.69, 9.17) is 0 Å². The van der Waals surface area contributed by atoms with Gasteiger partial charge in [-0.3, -0.25) is 19.2 Å². The summed E-state index contributed by atoms with van der Waals surface area (Å²) in [5, 5.41) is 0. The van der Waals surface area contributed by atoms with Crippen molar-refractivity contribution in [2.45, 2.75) is 6.92 Å². The number of hydrogen-bond donors (Lipinski definition) is 1. The molecule has 6 nitrogen and oxygen atoms in total. The van der Waals surface area contributed by atoms with Crippen molar-refractivity contribution >= 4 is 23.6 Å². The highest BCUT2D eigenvalue weighted by Gasteiger charge is 2.36. The molecule has 68 valence electrons. The molecule has 0 saturated carbocycles. The van der Waals surface area contributed by atoms with Gasteiger partial charge >= 0.3 is 11.8 Å². The molecule has 0 radical (unpaired) electrons. The number of imide groups is 3. The lowest BCUT2D eigenvalue weighted by atomic mass is 10.3. The third-order valence-corrected chi connectivity index (χ3v) is 1.51. The van der Waals surface area contributed by atoms with Gasteiger partial charge in [0.15, 0.2) is 0 Å². The molecule has 4 amide bonds. The average molecular weight is 182 g/mol. The predicted octanol–water partition coefficient (Wildman–Crippen LogP) is -1.69. The first-order valence-corrected chi connectivity index (χ1v) is 3.35. The molecule has 6 heteroatoms. The van der Waals surface area contributed by atoms with Crippen molar-refractivity contribution in [2.24, 2.45) is 5.73 Å². The Morgan fingerprint density at radius 2 is 1.92 bits per heavy atom. The number of hydrogen-bond acceptors (Lipinski definition) is 4. The molecule has 0 bridgehead atoms. The molecule has 1 aliphatic heterocycles. The van der Waals surface area contributed by atoms with Crippen LogP contribution in [0.4, 0.5) is 0 Å². The Morgan fingerprint density at radius 1 is 1.38 bits per heavy atom. The van der Waals surface area contributed by atoms with Crippen molar-refractivity contribution in [1.82, 2.24) is 4.90 Å². The van der Waals surface area contributed by atoms with Gasteiger partial charge < -0.3 is 5.73 Å². The van der Waals surface area contributed by atoms with Gasteiger partial charge in [-0.2, -0.15) is 0 Å². The van der Waals surface area contributed by atoms with Crippen LogP contribution in [0.15, 0.2) is 11.6 Å². The number of carbonyl (C=O) groups is 4. The van der Waals surface area contributed by atoms with E-state index in [2.05, 4.69) is 5.73 Å². The highest BCUT2D eigenvalue weighted by molar-refractivity contribution is 6.43. The first-order chi connectivity index (χ1) is 5.95. The normalized spacial score (nSPS) is 16.1. The van der Waals surface area contributed by atoms with E-state index in [0.29, 0.717) is 0 Å². The fourth-order valence-electron chi connectivity index (χ4n) is 0.890. The van der Waals surface area contributed by atoms with E-state index < -0.39 is 23.6 Å². The van der Waals surface area contributed by atoms with Gasteiger partial charge in [-0.25, -0.2) is 4.90 Å². The zero-order valence-electron chi connectivity index (χ0n) is 6.73. The highest BCUT2D eigenvalue weighted by atomic mass is 16.2. The van der Waals surface area contributed by atoms with Crippen LogP contribution in [0, 0.1) is 0 Å². The maximum Gasteiger partial charge on any atom is 0.325 e. The number of amides is 4. The minimum absolute atomic E-state index is 0.111. The molecular formula is C7H6N2O4. The molecule has 1 rings (SSSR count). The SMILES string of the molecule is CC1=CC(=O)N(C(=O)C(N)=O)C1=O. The lowest BCUT2D eigenvalue weighted by Gasteiger charge is -2.08. The number of nitrogens with zero attached hydrogens (tertiary/aromatic N) is 1. The standard InChI is InChI=1S/C7H6N2O4/c1-3-2-4(10)9(6(3)12)7(13)5(8)11/h2H,1H3,(H2,8,11). The van der Waals surface area contributed by atoms with Gasteiger partial charge in [0.2, 0.25) is 0 Å². The molecule has 0 unspecified atom stereocenters. The third-order valence-electron chi connectivity index (χ3n) is 1.51. The fourth-order valence-corrected chi connectivity index (χ4v) is 0.890. The van der Waals surface area contributed by atoms with Crippen LogP contribution in [0.25, 0.3) is 0 Å². The number of primary amides is 1. The Labute approximate surface area is 73.0 Å². The maximum atomic E-state index is 11.1. The topological polar surface area (TPSA) is 97.5 Å². The van der Waals surface area contributed by atoms with Crippen LogP contribution in [-0.2, 0) is 19.2 Å². The summed E-state index contributed by atoms with van der Waals surface area (Å²) in [5.74, 6) is -4.26. The van der Waals surface area contributed by atoms with Gasteiger partial charge in [0, 0.05) is 11.6 Å². The Morgan fingerprint density at radius 3 is 2.23 bits per heavy atom. The Hall–Kier alpha value is -1.98. The van der Waals surface area contributed by atoms with Crippen molar-refractivity contribution in [2.75, 3.05) is 0 Å². The second kappa shape index (κ2) is 2.81. The lowest BCUT2D eigenvalue weighted by molar-refractivity contribution is -0.154. The molecule has 0 aromatic carbocycles. The highest BCUT2D eigenvalue weighted by Crippen LogP contribution is 2.11. The quantitative estimate of drug-likeness (QED) is 0.357. The van der Waals surface area contributed by atoms with E-state index in [-0.39, 0.29) is 10.5 Å². The Bertz CT molecular complexity index is 356. The van der Waals surface area contributed by atoms with E-state index in [1.807, 2.05) is 0 Å². The molecular weight excluding hydrogens is 176 g/mol. The molecule has 13 heavy (non-hydrogen) atoms. The van der Waals surface area contributed by atoms with E-state index in [9.17, 15) is 19.2 Å². The van der Waals surface area contributed by atoms with Crippen LogP contribution in [0.5, 0.6) is 0 Å². The van der Waals surface area contributed by atoms with Crippen LogP contribution in [0.2, 0.25) is 0 Å². The molecule has 1 aliphatic rings. The summed E-state index contributed by atoms with van der Waals surface area (Å²) in [6, 6.07) is 0. The van der Waals surface area contributed by atoms with Crippen molar-refractivity contribution < 1.29 is 19.2 Å². The van der Waals surface area contributed by atoms with E-state index in [1.54, 1.807) is 0 Å². The van der Waals surface area contributed by atoms with Crippen LogP contribution in [0.3, 0.4) is 0 Å². The summed E-state index contributed by atoms with van der Waals surface area (Å²) in [6.45, 7) is 1.37. The molecule has 0 saturated heterocycles. The summed E-state index contributed by atoms with van der Waals surface area (Å²) in [7, 11) is 0. The zero-order valence-corrected chi connectivity index (χ0v) is 6.73.